The van der Waals surface area contributed by atoms with Gasteiger partial charge in [0.2, 0.25) is 0 Å². The van der Waals surface area contributed by atoms with E-state index in [4.69, 9.17) is 18.9 Å². The van der Waals surface area contributed by atoms with Crippen LogP contribution in [0.4, 0.5) is 0 Å². The highest BCUT2D eigenvalue weighted by molar-refractivity contribution is 5.33. The summed E-state index contributed by atoms with van der Waals surface area (Å²) in [5, 5.41) is 27.7. The van der Waals surface area contributed by atoms with E-state index in [1.54, 1.807) is 0 Å². The van der Waals surface area contributed by atoms with Gasteiger partial charge in [0.05, 0.1) is 36.6 Å². The van der Waals surface area contributed by atoms with Crippen molar-refractivity contribution in [3.05, 3.63) is 0 Å². The van der Waals surface area contributed by atoms with Crippen LogP contribution in [0.15, 0.2) is 0 Å². The molecule has 3 saturated heterocycles. The quantitative estimate of drug-likeness (QED) is 0.267. The molecule has 0 aromatic rings. The molecule has 6 aliphatic carbocycles. The van der Waals surface area contributed by atoms with E-state index in [0.29, 0.717) is 52.7 Å². The Balaban J connectivity index is 0.915. The second-order valence-electron chi connectivity index (χ2n) is 21.7. The molecule has 296 valence electrons. The Kier molecular flexibility index (Phi) is 8.84. The van der Waals surface area contributed by atoms with Crippen LogP contribution in [0.2, 0.25) is 0 Å². The van der Waals surface area contributed by atoms with Gasteiger partial charge in [-0.1, -0.05) is 34.6 Å². The van der Waals surface area contributed by atoms with Gasteiger partial charge in [0, 0.05) is 36.7 Å². The van der Waals surface area contributed by atoms with Crippen molar-refractivity contribution in [3.8, 4) is 0 Å². The van der Waals surface area contributed by atoms with Crippen LogP contribution in [0, 0.1) is 50.7 Å². The fourth-order valence-corrected chi connectivity index (χ4v) is 16.4. The monoisotopic (exact) mass is 727 g/mol. The first-order valence-electron chi connectivity index (χ1n) is 22.0. The molecule has 4 unspecified atom stereocenters. The van der Waals surface area contributed by atoms with Gasteiger partial charge in [-0.15, -0.1) is 0 Å². The van der Waals surface area contributed by atoms with Gasteiger partial charge in [0.15, 0.2) is 6.29 Å². The molecule has 0 bridgehead atoms. The molecule has 8 nitrogen and oxygen atoms in total. The number of nitrogens with zero attached hydrogens (tertiary/aromatic N) is 1. The highest BCUT2D eigenvalue weighted by atomic mass is 16.7. The minimum absolute atomic E-state index is 0.0244. The SMILES string of the molecule is CCO[C@@H](C1C[C@@H](C)[C@H]2C(O1)[C@H](O)[C@@]1(C)C3CC[C@H]4C(C)(C)[C@@H](O[C@H]5CN(C6CCNC7(CCC7)C6)CCO5)CC[C@@]45C[C@@]35CC[C@]21C)C(C)(C)O. The lowest BCUT2D eigenvalue weighted by atomic mass is 9.41. The Morgan fingerprint density at radius 3 is 2.44 bits per heavy atom. The van der Waals surface area contributed by atoms with E-state index in [1.807, 2.05) is 20.8 Å². The van der Waals surface area contributed by atoms with Crippen molar-refractivity contribution in [2.24, 2.45) is 50.7 Å². The number of nitrogens with one attached hydrogen (secondary N) is 1. The number of hydrogen-bond acceptors (Lipinski definition) is 8. The summed E-state index contributed by atoms with van der Waals surface area (Å²) in [6.45, 7) is 22.6. The number of rotatable bonds is 7. The Labute approximate surface area is 315 Å². The Morgan fingerprint density at radius 1 is 0.981 bits per heavy atom. The van der Waals surface area contributed by atoms with Crippen LogP contribution in [-0.2, 0) is 18.9 Å². The molecule has 15 atom stereocenters. The van der Waals surface area contributed by atoms with E-state index < -0.39 is 17.8 Å². The number of ether oxygens (including phenoxy) is 4. The molecule has 6 saturated carbocycles. The molecule has 0 radical (unpaired) electrons. The van der Waals surface area contributed by atoms with Crippen molar-refractivity contribution < 1.29 is 29.2 Å². The van der Waals surface area contributed by atoms with Crippen LogP contribution in [0.3, 0.4) is 0 Å². The summed E-state index contributed by atoms with van der Waals surface area (Å²) in [7, 11) is 0. The van der Waals surface area contributed by atoms with Crippen LogP contribution in [0.5, 0.6) is 0 Å². The Morgan fingerprint density at radius 2 is 1.73 bits per heavy atom. The summed E-state index contributed by atoms with van der Waals surface area (Å²) in [6, 6.07) is 0.654. The fraction of sp³-hybridized carbons (Fsp3) is 1.00. The van der Waals surface area contributed by atoms with E-state index in [0.717, 1.165) is 39.1 Å². The molecule has 9 rings (SSSR count). The number of piperidine rings is 1. The summed E-state index contributed by atoms with van der Waals surface area (Å²) < 4.78 is 26.7. The predicted molar refractivity (Wildman–Crippen MR) is 202 cm³/mol. The zero-order valence-corrected chi connectivity index (χ0v) is 34.1. The summed E-state index contributed by atoms with van der Waals surface area (Å²) in [5.41, 5.74) is -0.0105. The summed E-state index contributed by atoms with van der Waals surface area (Å²) in [5.74, 6) is 1.86. The minimum Gasteiger partial charge on any atom is -0.390 e. The smallest absolute Gasteiger partial charge is 0.170 e. The first kappa shape index (κ1) is 37.3. The van der Waals surface area contributed by atoms with E-state index in [1.165, 1.54) is 70.6 Å². The second kappa shape index (κ2) is 12.3. The lowest BCUT2D eigenvalue weighted by Gasteiger charge is -2.64. The molecule has 3 aliphatic heterocycles. The second-order valence-corrected chi connectivity index (χ2v) is 21.7. The van der Waals surface area contributed by atoms with Crippen LogP contribution < -0.4 is 5.32 Å². The fourth-order valence-electron chi connectivity index (χ4n) is 16.4. The number of aliphatic hydroxyl groups is 2. The Hall–Kier alpha value is -0.320. The summed E-state index contributed by atoms with van der Waals surface area (Å²) >= 11 is 0. The lowest BCUT2D eigenvalue weighted by Crippen LogP contribution is -2.62. The minimum atomic E-state index is -1.01. The molecule has 0 amide bonds. The third-order valence-electron chi connectivity index (χ3n) is 19.0. The van der Waals surface area contributed by atoms with Crippen molar-refractivity contribution in [2.45, 2.75) is 193 Å². The van der Waals surface area contributed by atoms with Gasteiger partial charge in [-0.25, -0.2) is 0 Å². The molecule has 3 heterocycles. The van der Waals surface area contributed by atoms with Gasteiger partial charge < -0.3 is 34.5 Å². The van der Waals surface area contributed by atoms with Crippen molar-refractivity contribution in [1.29, 1.82) is 0 Å². The van der Waals surface area contributed by atoms with Gasteiger partial charge in [0.25, 0.3) is 0 Å². The van der Waals surface area contributed by atoms with E-state index in [9.17, 15) is 10.2 Å². The highest BCUT2D eigenvalue weighted by Crippen LogP contribution is 2.89. The van der Waals surface area contributed by atoms with Crippen LogP contribution in [0.25, 0.3) is 0 Å². The van der Waals surface area contributed by atoms with Crippen LogP contribution >= 0.6 is 0 Å². The van der Waals surface area contributed by atoms with Gasteiger partial charge >= 0.3 is 0 Å². The highest BCUT2D eigenvalue weighted by Gasteiger charge is 2.84. The number of fused-ring (bicyclic) bond motifs is 4. The molecule has 8 heteroatoms. The summed E-state index contributed by atoms with van der Waals surface area (Å²) in [4.78, 5) is 2.71. The first-order valence-corrected chi connectivity index (χ1v) is 22.0. The molecular formula is C44H74N2O6. The molecule has 3 spiro atoms. The van der Waals surface area contributed by atoms with Crippen molar-refractivity contribution in [1.82, 2.24) is 10.2 Å². The van der Waals surface area contributed by atoms with Gasteiger partial charge in [0.1, 0.15) is 6.10 Å². The first-order chi connectivity index (χ1) is 24.6. The van der Waals surface area contributed by atoms with Crippen LogP contribution in [0.1, 0.15) is 139 Å². The van der Waals surface area contributed by atoms with Crippen LogP contribution in [-0.4, -0.2) is 102 Å². The van der Waals surface area contributed by atoms with E-state index >= 15 is 0 Å². The topological polar surface area (TPSA) is 92.7 Å². The number of aliphatic hydroxyl groups excluding tert-OH is 1. The van der Waals surface area contributed by atoms with Crippen molar-refractivity contribution >= 4 is 0 Å². The maximum absolute atomic E-state index is 12.7. The molecule has 3 N–H and O–H groups in total. The average molecular weight is 727 g/mol. The molecule has 52 heavy (non-hydrogen) atoms. The Bertz CT molecular complexity index is 1360. The number of hydrogen-bond donors (Lipinski definition) is 3. The van der Waals surface area contributed by atoms with Gasteiger partial charge in [-0.3, -0.25) is 4.90 Å². The van der Waals surface area contributed by atoms with Gasteiger partial charge in [-0.2, -0.15) is 0 Å². The predicted octanol–water partition coefficient (Wildman–Crippen LogP) is 6.69. The number of morpholine rings is 1. The molecule has 0 aromatic heterocycles. The standard InChI is InChI=1S/C44H74N2O6/c1-9-49-37(39(5,6)48)29-23-27(2)34-35(51-29)36(47)41(8)31-12-11-30-38(3,4)32(13-17-43(30)26-44(31,43)19-18-40(34,41)7)52-33-25-46(21-22-50-33)28-14-20-45-42(24-28)15-10-16-42/h27-37,45,47-48H,9-26H2,1-8H3/t27-,28?,29?,30+,31?,32+,33+,34+,35?,36+,37+,40-,41-,43-,44+/m1/s1. The molecule has 9 fully saturated rings. The maximum atomic E-state index is 12.7. The average Bonchev–Trinajstić information content (AvgIpc) is 3.72. The third-order valence-corrected chi connectivity index (χ3v) is 19.0. The lowest BCUT2D eigenvalue weighted by molar-refractivity contribution is -0.252. The normalized spacial score (nSPS) is 52.7. The van der Waals surface area contributed by atoms with E-state index in [-0.39, 0.29) is 40.8 Å². The zero-order chi connectivity index (χ0) is 36.7. The van der Waals surface area contributed by atoms with Gasteiger partial charge in [-0.05, 0) is 156 Å². The largest absolute Gasteiger partial charge is 0.390 e. The third kappa shape index (κ3) is 5.05. The van der Waals surface area contributed by atoms with Crippen molar-refractivity contribution in [3.63, 3.8) is 0 Å². The molecule has 0 aromatic carbocycles. The van der Waals surface area contributed by atoms with E-state index in [2.05, 4.69) is 44.8 Å². The van der Waals surface area contributed by atoms with Crippen molar-refractivity contribution in [2.75, 3.05) is 32.8 Å². The zero-order valence-electron chi connectivity index (χ0n) is 34.1. The molecule has 9 aliphatic rings. The maximum Gasteiger partial charge on any atom is 0.170 e. The summed E-state index contributed by atoms with van der Waals surface area (Å²) in [6.07, 6.45) is 14.8. The molecular weight excluding hydrogens is 652 g/mol.